The molecule has 0 unspecified atom stereocenters. The van der Waals surface area contributed by atoms with Crippen molar-refractivity contribution in [2.45, 2.75) is 6.42 Å². The molecule has 2 aromatic heterocycles. The molecule has 0 atom stereocenters. The monoisotopic (exact) mass is 537 g/mol. The second-order valence-electron chi connectivity index (χ2n) is 8.61. The second kappa shape index (κ2) is 10.2. The Labute approximate surface area is 219 Å². The summed E-state index contributed by atoms with van der Waals surface area (Å²) in [4.78, 5) is 13.1. The van der Waals surface area contributed by atoms with Crippen LogP contribution in [0.3, 0.4) is 0 Å². The minimum atomic E-state index is -3.02. The van der Waals surface area contributed by atoms with Crippen LogP contribution >= 0.6 is 11.6 Å². The van der Waals surface area contributed by atoms with Gasteiger partial charge in [-0.1, -0.05) is 11.6 Å². The predicted molar refractivity (Wildman–Crippen MR) is 145 cm³/mol. The van der Waals surface area contributed by atoms with Gasteiger partial charge in [0, 0.05) is 30.4 Å². The lowest BCUT2D eigenvalue weighted by Crippen LogP contribution is -2.08. The van der Waals surface area contributed by atoms with Crippen molar-refractivity contribution in [3.8, 4) is 17.2 Å². The highest BCUT2D eigenvalue weighted by molar-refractivity contribution is 7.90. The van der Waals surface area contributed by atoms with Crippen LogP contribution in [0.1, 0.15) is 6.42 Å². The van der Waals surface area contributed by atoms with Gasteiger partial charge in [-0.2, -0.15) is 0 Å². The lowest BCUT2D eigenvalue weighted by molar-refractivity contribution is 0.318. The Hall–Kier alpha value is -3.89. The van der Waals surface area contributed by atoms with Gasteiger partial charge in [0.15, 0.2) is 0 Å². The summed E-state index contributed by atoms with van der Waals surface area (Å²) >= 11 is 6.53. The fourth-order valence-corrected chi connectivity index (χ4v) is 4.70. The summed E-state index contributed by atoms with van der Waals surface area (Å²) in [5.41, 5.74) is 3.30. The number of nitrogens with zero attached hydrogens (tertiary/aromatic N) is 4. The number of aryl methyl sites for hydroxylation is 1. The van der Waals surface area contributed by atoms with E-state index in [4.69, 9.17) is 21.1 Å². The van der Waals surface area contributed by atoms with Crippen molar-refractivity contribution in [1.82, 2.24) is 19.5 Å². The molecular formula is C26H24ClN5O4S. The average Bonchev–Trinajstić information content (AvgIpc) is 3.23. The predicted octanol–water partition coefficient (Wildman–Crippen LogP) is 5.52. The smallest absolute Gasteiger partial charge is 0.147 e. The second-order valence-corrected chi connectivity index (χ2v) is 11.3. The van der Waals surface area contributed by atoms with E-state index in [-0.39, 0.29) is 5.75 Å². The zero-order chi connectivity index (χ0) is 26.0. The van der Waals surface area contributed by atoms with Crippen molar-refractivity contribution in [1.29, 1.82) is 0 Å². The Balaban J connectivity index is 1.31. The van der Waals surface area contributed by atoms with E-state index in [1.807, 2.05) is 48.0 Å². The number of aromatic nitrogens is 4. The van der Waals surface area contributed by atoms with Crippen LogP contribution in [0.15, 0.2) is 67.3 Å². The van der Waals surface area contributed by atoms with Crippen LogP contribution in [0.5, 0.6) is 17.2 Å². The molecule has 0 aliphatic carbocycles. The SMILES string of the molecule is Cn1cnc2cc(Oc3ccc(Nc4ncnc5ccc(OCCCS(C)(=O)=O)cc45)cc3Cl)ccc21. The normalized spacial score (nSPS) is 11.6. The maximum absolute atomic E-state index is 11.3. The summed E-state index contributed by atoms with van der Waals surface area (Å²) < 4.78 is 36.3. The molecule has 5 rings (SSSR count). The van der Waals surface area contributed by atoms with Crippen molar-refractivity contribution in [2.75, 3.05) is 23.9 Å². The average molecular weight is 538 g/mol. The van der Waals surface area contributed by atoms with Crippen molar-refractivity contribution >= 4 is 54.9 Å². The fourth-order valence-electron chi connectivity index (χ4n) is 3.84. The molecule has 1 N–H and O–H groups in total. The van der Waals surface area contributed by atoms with Gasteiger partial charge in [-0.05, 0) is 55.0 Å². The Morgan fingerprint density at radius 2 is 1.81 bits per heavy atom. The van der Waals surface area contributed by atoms with Gasteiger partial charge in [0.1, 0.15) is 39.2 Å². The third kappa shape index (κ3) is 5.92. The lowest BCUT2D eigenvalue weighted by Gasteiger charge is -2.12. The molecule has 9 nitrogen and oxygen atoms in total. The van der Waals surface area contributed by atoms with E-state index in [2.05, 4.69) is 20.3 Å². The van der Waals surface area contributed by atoms with E-state index in [9.17, 15) is 8.42 Å². The molecule has 190 valence electrons. The highest BCUT2D eigenvalue weighted by Crippen LogP contribution is 2.34. The molecule has 0 amide bonds. The van der Waals surface area contributed by atoms with Gasteiger partial charge in [0.2, 0.25) is 0 Å². The van der Waals surface area contributed by atoms with E-state index >= 15 is 0 Å². The van der Waals surface area contributed by atoms with Crippen LogP contribution in [0, 0.1) is 0 Å². The van der Waals surface area contributed by atoms with E-state index < -0.39 is 9.84 Å². The first-order valence-corrected chi connectivity index (χ1v) is 13.9. The number of nitrogens with one attached hydrogen (secondary N) is 1. The summed E-state index contributed by atoms with van der Waals surface area (Å²) in [6, 6.07) is 16.5. The number of imidazole rings is 1. The third-order valence-electron chi connectivity index (χ3n) is 5.65. The molecule has 11 heteroatoms. The van der Waals surface area contributed by atoms with Gasteiger partial charge in [0.05, 0.1) is 40.3 Å². The van der Waals surface area contributed by atoms with Crippen molar-refractivity contribution in [3.63, 3.8) is 0 Å². The van der Waals surface area contributed by atoms with Crippen LogP contribution in [0.4, 0.5) is 11.5 Å². The summed E-state index contributed by atoms with van der Waals surface area (Å²) in [5.74, 6) is 2.41. The number of sulfone groups is 1. The quantitative estimate of drug-likeness (QED) is 0.245. The van der Waals surface area contributed by atoms with Crippen LogP contribution in [0.25, 0.3) is 21.9 Å². The first-order valence-electron chi connectivity index (χ1n) is 11.5. The Morgan fingerprint density at radius 1 is 0.973 bits per heavy atom. The van der Waals surface area contributed by atoms with Gasteiger partial charge < -0.3 is 19.4 Å². The summed E-state index contributed by atoms with van der Waals surface area (Å²) in [6.07, 6.45) is 4.86. The van der Waals surface area contributed by atoms with Crippen LogP contribution in [-0.2, 0) is 16.9 Å². The maximum Gasteiger partial charge on any atom is 0.147 e. The van der Waals surface area contributed by atoms with E-state index in [1.54, 1.807) is 24.5 Å². The maximum atomic E-state index is 11.3. The molecule has 3 aromatic carbocycles. The zero-order valence-electron chi connectivity index (χ0n) is 20.2. The van der Waals surface area contributed by atoms with Gasteiger partial charge in [0.25, 0.3) is 0 Å². The number of rotatable bonds is 9. The Bertz CT molecular complexity index is 1700. The van der Waals surface area contributed by atoms with Gasteiger partial charge >= 0.3 is 0 Å². The number of hydrogen-bond donors (Lipinski definition) is 1. The fraction of sp³-hybridized carbons (Fsp3) is 0.192. The molecule has 0 saturated heterocycles. The van der Waals surface area contributed by atoms with Gasteiger partial charge in [-0.3, -0.25) is 0 Å². The molecule has 0 spiro atoms. The summed E-state index contributed by atoms with van der Waals surface area (Å²) in [5, 5.41) is 4.46. The number of benzene rings is 3. The highest BCUT2D eigenvalue weighted by Gasteiger charge is 2.10. The molecule has 5 aromatic rings. The number of anilines is 2. The molecule has 0 fully saturated rings. The summed E-state index contributed by atoms with van der Waals surface area (Å²) in [7, 11) is -1.08. The zero-order valence-corrected chi connectivity index (χ0v) is 21.8. The number of ether oxygens (including phenoxy) is 2. The summed E-state index contributed by atoms with van der Waals surface area (Å²) in [6.45, 7) is 0.291. The Kier molecular flexibility index (Phi) is 6.86. The largest absolute Gasteiger partial charge is 0.494 e. The molecule has 2 heterocycles. The van der Waals surface area contributed by atoms with Crippen LogP contribution in [0.2, 0.25) is 5.02 Å². The highest BCUT2D eigenvalue weighted by atomic mass is 35.5. The number of hydrogen-bond acceptors (Lipinski definition) is 8. The van der Waals surface area contributed by atoms with E-state index in [0.717, 1.165) is 27.6 Å². The molecule has 37 heavy (non-hydrogen) atoms. The van der Waals surface area contributed by atoms with Gasteiger partial charge in [-0.15, -0.1) is 0 Å². The van der Waals surface area contributed by atoms with Crippen LogP contribution in [-0.4, -0.2) is 46.6 Å². The van der Waals surface area contributed by atoms with Crippen LogP contribution < -0.4 is 14.8 Å². The van der Waals surface area contributed by atoms with Crippen molar-refractivity contribution in [2.24, 2.45) is 7.05 Å². The first-order chi connectivity index (χ1) is 17.7. The molecule has 0 saturated carbocycles. The minimum absolute atomic E-state index is 0.0781. The number of halogens is 1. The molecular weight excluding hydrogens is 514 g/mol. The van der Waals surface area contributed by atoms with E-state index in [0.29, 0.717) is 41.1 Å². The first kappa shape index (κ1) is 24.8. The standard InChI is InChI=1S/C26H24ClN5O4S/c1-32-16-30-23-14-19(6-8-24(23)32)36-25-9-4-17(12-21(25)27)31-26-20-13-18(5-7-22(20)28-15-29-26)35-10-3-11-37(2,33)34/h4-9,12-16H,3,10-11H2,1-2H3,(H,28,29,31). The lowest BCUT2D eigenvalue weighted by atomic mass is 10.2. The van der Waals surface area contributed by atoms with Crippen molar-refractivity contribution < 1.29 is 17.9 Å². The molecule has 0 aliphatic heterocycles. The molecule has 0 radical (unpaired) electrons. The van der Waals surface area contributed by atoms with E-state index in [1.165, 1.54) is 12.6 Å². The topological polar surface area (TPSA) is 108 Å². The molecule has 0 bridgehead atoms. The Morgan fingerprint density at radius 3 is 2.62 bits per heavy atom. The van der Waals surface area contributed by atoms with Gasteiger partial charge in [-0.25, -0.2) is 23.4 Å². The van der Waals surface area contributed by atoms with Crippen molar-refractivity contribution in [3.05, 3.63) is 72.3 Å². The molecule has 0 aliphatic rings. The number of fused-ring (bicyclic) bond motifs is 2. The minimum Gasteiger partial charge on any atom is -0.494 e. The third-order valence-corrected chi connectivity index (χ3v) is 6.98.